The molecule has 4 nitrogen and oxygen atoms in total. The van der Waals surface area contributed by atoms with Crippen molar-refractivity contribution in [2.24, 2.45) is 5.92 Å². The summed E-state index contributed by atoms with van der Waals surface area (Å²) in [6, 6.07) is 7.64. The molecule has 1 amide bonds. The highest BCUT2D eigenvalue weighted by atomic mass is 16.5. The van der Waals surface area contributed by atoms with Crippen molar-refractivity contribution < 1.29 is 9.53 Å². The normalized spacial score (nSPS) is 12.3. The lowest BCUT2D eigenvalue weighted by Crippen LogP contribution is -2.39. The molecule has 19 heavy (non-hydrogen) atoms. The zero-order valence-corrected chi connectivity index (χ0v) is 12.2. The number of ether oxygens (including phenoxy) is 1. The number of methoxy groups -OCH3 is 1. The maximum atomic E-state index is 11.9. The molecule has 1 rings (SSSR count). The summed E-state index contributed by atoms with van der Waals surface area (Å²) in [6.07, 6.45) is 0. The van der Waals surface area contributed by atoms with E-state index in [0.717, 1.165) is 11.3 Å². The van der Waals surface area contributed by atoms with E-state index in [1.807, 2.05) is 31.2 Å². The van der Waals surface area contributed by atoms with Gasteiger partial charge in [-0.05, 0) is 30.5 Å². The van der Waals surface area contributed by atoms with Crippen molar-refractivity contribution in [1.29, 1.82) is 0 Å². The van der Waals surface area contributed by atoms with Gasteiger partial charge in [0.05, 0.1) is 6.61 Å². The third-order valence-corrected chi connectivity index (χ3v) is 2.70. The molecule has 106 valence electrons. The van der Waals surface area contributed by atoms with Gasteiger partial charge in [0.2, 0.25) is 5.91 Å². The van der Waals surface area contributed by atoms with E-state index < -0.39 is 0 Å². The van der Waals surface area contributed by atoms with Crippen LogP contribution in [0.5, 0.6) is 0 Å². The number of amides is 1. The summed E-state index contributed by atoms with van der Waals surface area (Å²) in [6.45, 7) is 7.29. The number of anilines is 1. The Labute approximate surface area is 115 Å². The molecule has 1 atom stereocenters. The number of hydrogen-bond donors (Lipinski definition) is 2. The summed E-state index contributed by atoms with van der Waals surface area (Å²) >= 11 is 0. The maximum absolute atomic E-state index is 11.9. The molecule has 0 aromatic heterocycles. The molecule has 0 radical (unpaired) electrons. The molecule has 0 saturated heterocycles. The van der Waals surface area contributed by atoms with Crippen LogP contribution in [0.3, 0.4) is 0 Å². The average Bonchev–Trinajstić information content (AvgIpc) is 2.36. The highest BCUT2D eigenvalue weighted by Gasteiger charge is 2.12. The van der Waals surface area contributed by atoms with E-state index in [1.54, 1.807) is 7.11 Å². The van der Waals surface area contributed by atoms with Gasteiger partial charge in [-0.3, -0.25) is 4.79 Å². The largest absolute Gasteiger partial charge is 0.380 e. The Kier molecular flexibility index (Phi) is 6.36. The molecule has 0 aliphatic rings. The minimum absolute atomic E-state index is 0.0193. The first kappa shape index (κ1) is 15.5. The van der Waals surface area contributed by atoms with Crippen molar-refractivity contribution in [3.05, 3.63) is 29.8 Å². The van der Waals surface area contributed by atoms with Crippen LogP contribution in [0.25, 0.3) is 0 Å². The second-order valence-electron chi connectivity index (χ2n) is 5.14. The smallest absolute Gasteiger partial charge is 0.242 e. The van der Waals surface area contributed by atoms with Crippen LogP contribution in [0.15, 0.2) is 24.3 Å². The minimum Gasteiger partial charge on any atom is -0.380 e. The molecule has 0 fully saturated rings. The average molecular weight is 264 g/mol. The molecule has 1 aromatic rings. The van der Waals surface area contributed by atoms with E-state index >= 15 is 0 Å². The lowest BCUT2D eigenvalue weighted by Gasteiger charge is -2.16. The topological polar surface area (TPSA) is 50.4 Å². The Hall–Kier alpha value is -1.55. The molecule has 4 heteroatoms. The van der Waals surface area contributed by atoms with Crippen LogP contribution in [-0.4, -0.2) is 25.6 Å². The Bertz CT molecular complexity index is 405. The van der Waals surface area contributed by atoms with Crippen LogP contribution in [0.2, 0.25) is 0 Å². The van der Waals surface area contributed by atoms with Crippen LogP contribution in [0.4, 0.5) is 5.69 Å². The maximum Gasteiger partial charge on any atom is 0.242 e. The van der Waals surface area contributed by atoms with Crippen molar-refractivity contribution in [2.45, 2.75) is 33.4 Å². The minimum atomic E-state index is -0.253. The molecule has 0 aliphatic carbocycles. The van der Waals surface area contributed by atoms with Crippen LogP contribution in [0.1, 0.15) is 26.3 Å². The van der Waals surface area contributed by atoms with Gasteiger partial charge in [0.15, 0.2) is 0 Å². The summed E-state index contributed by atoms with van der Waals surface area (Å²) in [7, 11) is 1.67. The quantitative estimate of drug-likeness (QED) is 0.795. The van der Waals surface area contributed by atoms with E-state index in [4.69, 9.17) is 4.74 Å². The Morgan fingerprint density at radius 1 is 1.32 bits per heavy atom. The predicted molar refractivity (Wildman–Crippen MR) is 78.1 cm³/mol. The SMILES string of the molecule is COCc1cccc(N[C@@H](C)C(=O)NCC(C)C)c1. The van der Waals surface area contributed by atoms with Crippen LogP contribution < -0.4 is 10.6 Å². The summed E-state index contributed by atoms with van der Waals surface area (Å²) in [5.74, 6) is 0.479. The second kappa shape index (κ2) is 7.79. The highest BCUT2D eigenvalue weighted by Crippen LogP contribution is 2.12. The summed E-state index contributed by atoms with van der Waals surface area (Å²) < 4.78 is 5.09. The number of carbonyl (C=O) groups is 1. The summed E-state index contributed by atoms with van der Waals surface area (Å²) in [4.78, 5) is 11.9. The van der Waals surface area contributed by atoms with Gasteiger partial charge in [-0.2, -0.15) is 0 Å². The van der Waals surface area contributed by atoms with Gasteiger partial charge in [-0.25, -0.2) is 0 Å². The van der Waals surface area contributed by atoms with Crippen molar-refractivity contribution in [3.8, 4) is 0 Å². The number of rotatable bonds is 7. The summed E-state index contributed by atoms with van der Waals surface area (Å²) in [5, 5.41) is 6.11. The monoisotopic (exact) mass is 264 g/mol. The third kappa shape index (κ3) is 5.75. The molecule has 0 bridgehead atoms. The van der Waals surface area contributed by atoms with Gasteiger partial charge >= 0.3 is 0 Å². The molecule has 0 spiro atoms. The first-order valence-electron chi connectivity index (χ1n) is 6.65. The number of benzene rings is 1. The van der Waals surface area contributed by atoms with Crippen LogP contribution in [0, 0.1) is 5.92 Å². The fraction of sp³-hybridized carbons (Fsp3) is 0.533. The second-order valence-corrected chi connectivity index (χ2v) is 5.14. The molecule has 0 saturated carbocycles. The van der Waals surface area contributed by atoms with E-state index in [2.05, 4.69) is 24.5 Å². The van der Waals surface area contributed by atoms with Crippen LogP contribution >= 0.6 is 0 Å². The molecular formula is C15H24N2O2. The van der Waals surface area contributed by atoms with Gasteiger partial charge in [0.25, 0.3) is 0 Å². The van der Waals surface area contributed by atoms with Crippen molar-refractivity contribution in [3.63, 3.8) is 0 Å². The van der Waals surface area contributed by atoms with E-state index in [0.29, 0.717) is 19.1 Å². The first-order chi connectivity index (χ1) is 9.02. The molecule has 1 aromatic carbocycles. The van der Waals surface area contributed by atoms with Crippen molar-refractivity contribution >= 4 is 11.6 Å². The standard InChI is InChI=1S/C15H24N2O2/c1-11(2)9-16-15(18)12(3)17-14-7-5-6-13(8-14)10-19-4/h5-8,11-12,17H,9-10H2,1-4H3,(H,16,18)/t12-/m0/s1. The van der Waals surface area contributed by atoms with Gasteiger partial charge in [0.1, 0.15) is 6.04 Å². The van der Waals surface area contributed by atoms with Gasteiger partial charge < -0.3 is 15.4 Å². The molecule has 2 N–H and O–H groups in total. The summed E-state index contributed by atoms with van der Waals surface area (Å²) in [5.41, 5.74) is 2.02. The molecular weight excluding hydrogens is 240 g/mol. The number of hydrogen-bond acceptors (Lipinski definition) is 3. The van der Waals surface area contributed by atoms with Gasteiger partial charge in [-0.1, -0.05) is 26.0 Å². The molecule has 0 heterocycles. The number of nitrogens with one attached hydrogen (secondary N) is 2. The zero-order chi connectivity index (χ0) is 14.3. The third-order valence-electron chi connectivity index (χ3n) is 2.70. The van der Waals surface area contributed by atoms with Crippen molar-refractivity contribution in [2.75, 3.05) is 19.0 Å². The fourth-order valence-corrected chi connectivity index (χ4v) is 1.69. The fourth-order valence-electron chi connectivity index (χ4n) is 1.69. The Morgan fingerprint density at radius 3 is 2.68 bits per heavy atom. The highest BCUT2D eigenvalue weighted by molar-refractivity contribution is 5.84. The van der Waals surface area contributed by atoms with E-state index in [9.17, 15) is 4.79 Å². The van der Waals surface area contributed by atoms with Gasteiger partial charge in [-0.15, -0.1) is 0 Å². The molecule has 0 aliphatic heterocycles. The van der Waals surface area contributed by atoms with Gasteiger partial charge in [0, 0.05) is 19.3 Å². The van der Waals surface area contributed by atoms with Crippen LogP contribution in [-0.2, 0) is 16.1 Å². The lowest BCUT2D eigenvalue weighted by atomic mass is 10.2. The Morgan fingerprint density at radius 2 is 2.05 bits per heavy atom. The first-order valence-corrected chi connectivity index (χ1v) is 6.65. The van der Waals surface area contributed by atoms with E-state index in [1.165, 1.54) is 0 Å². The molecule has 0 unspecified atom stereocenters. The zero-order valence-electron chi connectivity index (χ0n) is 12.2. The lowest BCUT2D eigenvalue weighted by molar-refractivity contribution is -0.121. The number of carbonyl (C=O) groups excluding carboxylic acids is 1. The Balaban J connectivity index is 2.53. The van der Waals surface area contributed by atoms with Crippen molar-refractivity contribution in [1.82, 2.24) is 5.32 Å². The van der Waals surface area contributed by atoms with E-state index in [-0.39, 0.29) is 11.9 Å². The predicted octanol–water partition coefficient (Wildman–Crippen LogP) is 2.41.